The fraction of sp³-hybridized carbons (Fsp3) is 0.429. The van der Waals surface area contributed by atoms with Gasteiger partial charge < -0.3 is 9.15 Å². The van der Waals surface area contributed by atoms with Crippen molar-refractivity contribution in [3.63, 3.8) is 0 Å². The minimum Gasteiger partial charge on any atom is -0.497 e. The van der Waals surface area contributed by atoms with Crippen molar-refractivity contribution >= 4 is 22.5 Å². The summed E-state index contributed by atoms with van der Waals surface area (Å²) in [5, 5.41) is 0.646. The quantitative estimate of drug-likeness (QED) is 0.725. The Morgan fingerprint density at radius 2 is 1.60 bits per heavy atom. The molecule has 2 aromatic rings. The Labute approximate surface area is 147 Å². The lowest BCUT2D eigenvalue weighted by Gasteiger charge is -2.23. The number of furan rings is 1. The van der Waals surface area contributed by atoms with Crippen LogP contribution in [0.5, 0.6) is 5.75 Å². The fourth-order valence-electron chi connectivity index (χ4n) is 3.20. The zero-order chi connectivity index (χ0) is 18.7. The van der Waals surface area contributed by atoms with Crippen LogP contribution in [0.4, 0.5) is 0 Å². The Kier molecular flexibility index (Phi) is 3.71. The van der Waals surface area contributed by atoms with E-state index in [9.17, 15) is 9.59 Å². The third kappa shape index (κ3) is 2.70. The number of benzene rings is 1. The largest absolute Gasteiger partial charge is 0.497 e. The molecule has 0 amide bonds. The summed E-state index contributed by atoms with van der Waals surface area (Å²) in [5.41, 5.74) is 1.72. The number of fused-ring (bicyclic) bond motifs is 3. The summed E-state index contributed by atoms with van der Waals surface area (Å²) in [6.07, 6.45) is 1.42. The van der Waals surface area contributed by atoms with Crippen molar-refractivity contribution in [2.45, 2.75) is 47.0 Å². The van der Waals surface area contributed by atoms with E-state index in [1.54, 1.807) is 13.2 Å². The van der Waals surface area contributed by atoms with Crippen LogP contribution in [-0.4, -0.2) is 18.7 Å². The van der Waals surface area contributed by atoms with Gasteiger partial charge in [0.1, 0.15) is 11.3 Å². The van der Waals surface area contributed by atoms with Gasteiger partial charge in [0.25, 0.3) is 0 Å². The third-order valence-corrected chi connectivity index (χ3v) is 4.59. The van der Waals surface area contributed by atoms with E-state index in [2.05, 4.69) is 20.8 Å². The van der Waals surface area contributed by atoms with Crippen LogP contribution in [0.2, 0.25) is 0 Å². The number of carbonyl (C=O) groups excluding carboxylic acids is 2. The lowest BCUT2D eigenvalue weighted by molar-refractivity contribution is 0.0953. The second kappa shape index (κ2) is 5.32. The van der Waals surface area contributed by atoms with Crippen molar-refractivity contribution in [1.82, 2.24) is 0 Å². The van der Waals surface area contributed by atoms with Crippen LogP contribution >= 0.6 is 0 Å². The molecule has 0 saturated carbocycles. The van der Waals surface area contributed by atoms with E-state index >= 15 is 0 Å². The van der Waals surface area contributed by atoms with Gasteiger partial charge in [0, 0.05) is 16.5 Å². The Balaban J connectivity index is 2.38. The number of hydrogen-bond donors (Lipinski definition) is 0. The normalized spacial score (nSPS) is 15.4. The van der Waals surface area contributed by atoms with Gasteiger partial charge in [-0.25, -0.2) is 0 Å². The molecule has 0 atom stereocenters. The van der Waals surface area contributed by atoms with E-state index < -0.39 is 5.41 Å². The molecule has 0 unspecified atom stereocenters. The zero-order valence-corrected chi connectivity index (χ0v) is 15.9. The molecule has 0 bridgehead atoms. The maximum atomic E-state index is 13.1. The topological polar surface area (TPSA) is 56.5 Å². The van der Waals surface area contributed by atoms with Crippen LogP contribution in [-0.2, 0) is 5.41 Å². The van der Waals surface area contributed by atoms with Crippen LogP contribution in [0.25, 0.3) is 11.0 Å². The van der Waals surface area contributed by atoms with E-state index in [1.165, 1.54) is 6.08 Å². The number of rotatable bonds is 1. The van der Waals surface area contributed by atoms with Crippen molar-refractivity contribution in [1.29, 1.82) is 0 Å². The van der Waals surface area contributed by atoms with Crippen molar-refractivity contribution in [3.05, 3.63) is 40.7 Å². The van der Waals surface area contributed by atoms with Gasteiger partial charge in [0.05, 0.1) is 12.7 Å². The molecule has 4 heteroatoms. The summed E-state index contributed by atoms with van der Waals surface area (Å²) in [7, 11) is 1.59. The Bertz CT molecular complexity index is 927. The number of ketones is 2. The van der Waals surface area contributed by atoms with Gasteiger partial charge in [0.15, 0.2) is 11.5 Å². The molecule has 0 fully saturated rings. The van der Waals surface area contributed by atoms with E-state index in [4.69, 9.17) is 9.15 Å². The highest BCUT2D eigenvalue weighted by atomic mass is 16.5. The molecule has 3 rings (SSSR count). The first-order valence-corrected chi connectivity index (χ1v) is 8.41. The molecule has 1 aliphatic carbocycles. The van der Waals surface area contributed by atoms with E-state index in [0.29, 0.717) is 27.9 Å². The summed E-state index contributed by atoms with van der Waals surface area (Å²) in [4.78, 5) is 25.7. The molecule has 1 heterocycles. The molecule has 132 valence electrons. The summed E-state index contributed by atoms with van der Waals surface area (Å²) >= 11 is 0. The molecular weight excluding hydrogens is 316 g/mol. The van der Waals surface area contributed by atoms with Crippen LogP contribution in [0, 0.1) is 5.41 Å². The number of hydrogen-bond acceptors (Lipinski definition) is 4. The van der Waals surface area contributed by atoms with Gasteiger partial charge in [-0.3, -0.25) is 9.59 Å². The summed E-state index contributed by atoms with van der Waals surface area (Å²) in [5.74, 6) is 0.378. The molecule has 1 aromatic carbocycles. The minimum atomic E-state index is -0.417. The number of carbonyl (C=O) groups is 2. The smallest absolute Gasteiger partial charge is 0.222 e. The Morgan fingerprint density at radius 1 is 0.960 bits per heavy atom. The zero-order valence-electron chi connectivity index (χ0n) is 15.9. The van der Waals surface area contributed by atoms with Crippen LogP contribution in [0.1, 0.15) is 68.0 Å². The third-order valence-electron chi connectivity index (χ3n) is 4.59. The van der Waals surface area contributed by atoms with Gasteiger partial charge in [0.2, 0.25) is 5.78 Å². The van der Waals surface area contributed by atoms with Crippen LogP contribution < -0.4 is 4.74 Å². The molecular formula is C21H24O4. The summed E-state index contributed by atoms with van der Waals surface area (Å²) < 4.78 is 11.3. The number of methoxy groups -OCH3 is 1. The minimum absolute atomic E-state index is 0.131. The predicted molar refractivity (Wildman–Crippen MR) is 97.7 cm³/mol. The van der Waals surface area contributed by atoms with Gasteiger partial charge >= 0.3 is 0 Å². The number of Topliss-reactive ketones (excluding diaryl/α,β-unsaturated/α-hetero) is 1. The first-order chi connectivity index (χ1) is 11.4. The lowest BCUT2D eigenvalue weighted by Crippen LogP contribution is -2.24. The molecule has 0 saturated heterocycles. The molecule has 1 aromatic heterocycles. The second-order valence-corrected chi connectivity index (χ2v) is 8.61. The van der Waals surface area contributed by atoms with Crippen molar-refractivity contribution in [3.8, 4) is 5.75 Å². The summed E-state index contributed by atoms with van der Waals surface area (Å²) in [6.45, 7) is 12.0. The standard InChI is InChI=1S/C21H24O4/c1-20(2,3)13-10-15(22)19-16(17(13)23)12-8-11(24-7)9-14(18(12)25-19)21(4,5)6/h8-10H,1-7H3. The number of allylic oxidation sites excluding steroid dienone is 2. The highest BCUT2D eigenvalue weighted by molar-refractivity contribution is 6.28. The predicted octanol–water partition coefficient (Wildman–Crippen LogP) is 5.09. The molecule has 0 radical (unpaired) electrons. The first-order valence-electron chi connectivity index (χ1n) is 8.41. The molecule has 1 aliphatic rings. The van der Waals surface area contributed by atoms with Crippen LogP contribution in [0.3, 0.4) is 0 Å². The maximum Gasteiger partial charge on any atom is 0.222 e. The first kappa shape index (κ1) is 17.5. The number of ether oxygens (including phenoxy) is 1. The molecule has 4 nitrogen and oxygen atoms in total. The van der Waals surface area contributed by atoms with Crippen molar-refractivity contribution in [2.75, 3.05) is 7.11 Å². The van der Waals surface area contributed by atoms with E-state index in [-0.39, 0.29) is 22.7 Å². The monoisotopic (exact) mass is 340 g/mol. The van der Waals surface area contributed by atoms with Gasteiger partial charge in [-0.05, 0) is 29.0 Å². The fourth-order valence-corrected chi connectivity index (χ4v) is 3.20. The average Bonchev–Trinajstić information content (AvgIpc) is 2.87. The van der Waals surface area contributed by atoms with Gasteiger partial charge in [-0.15, -0.1) is 0 Å². The molecule has 0 N–H and O–H groups in total. The Morgan fingerprint density at radius 3 is 2.12 bits per heavy atom. The van der Waals surface area contributed by atoms with E-state index in [0.717, 1.165) is 5.56 Å². The molecule has 25 heavy (non-hydrogen) atoms. The van der Waals surface area contributed by atoms with Gasteiger partial charge in [-0.1, -0.05) is 41.5 Å². The van der Waals surface area contributed by atoms with Crippen LogP contribution in [0.15, 0.2) is 28.2 Å². The maximum absolute atomic E-state index is 13.1. The molecule has 0 spiro atoms. The highest BCUT2D eigenvalue weighted by Gasteiger charge is 2.37. The lowest BCUT2D eigenvalue weighted by atomic mass is 9.77. The second-order valence-electron chi connectivity index (χ2n) is 8.61. The summed E-state index contributed by atoms with van der Waals surface area (Å²) in [6, 6.07) is 3.69. The van der Waals surface area contributed by atoms with Crippen molar-refractivity contribution in [2.24, 2.45) is 5.41 Å². The Hall–Kier alpha value is -2.36. The highest BCUT2D eigenvalue weighted by Crippen LogP contribution is 2.42. The average molecular weight is 340 g/mol. The van der Waals surface area contributed by atoms with Crippen molar-refractivity contribution < 1.29 is 18.7 Å². The van der Waals surface area contributed by atoms with Gasteiger partial charge in [-0.2, -0.15) is 0 Å². The van der Waals surface area contributed by atoms with E-state index in [1.807, 2.05) is 26.8 Å². The molecule has 0 aliphatic heterocycles. The SMILES string of the molecule is COc1cc(C(C)(C)C)c2oc3c(c2c1)C(=O)C(C(C)(C)C)=CC3=O.